The predicted molar refractivity (Wildman–Crippen MR) is 235 cm³/mol. The average Bonchev–Trinajstić information content (AvgIpc) is 3.79. The molecule has 10 nitrogen and oxygen atoms in total. The van der Waals surface area contributed by atoms with Crippen molar-refractivity contribution in [2.24, 2.45) is 4.99 Å². The first-order valence-electron chi connectivity index (χ1n) is 19.7. The van der Waals surface area contributed by atoms with Crippen molar-refractivity contribution in [1.82, 2.24) is 15.5 Å². The predicted octanol–water partition coefficient (Wildman–Crippen LogP) is 8.51. The van der Waals surface area contributed by atoms with E-state index in [2.05, 4.69) is 65.9 Å². The van der Waals surface area contributed by atoms with E-state index in [1.807, 2.05) is 83.0 Å². The van der Waals surface area contributed by atoms with Gasteiger partial charge in [0.25, 0.3) is 0 Å². The smallest absolute Gasteiger partial charge is 0.247 e. The number of hydrogen-bond acceptors (Lipinski definition) is 8. The van der Waals surface area contributed by atoms with Crippen molar-refractivity contribution >= 4 is 19.0 Å². The third-order valence-electron chi connectivity index (χ3n) is 8.06. The van der Waals surface area contributed by atoms with E-state index < -0.39 is 0 Å². The fourth-order valence-electron chi connectivity index (χ4n) is 5.26. The molecule has 2 amide bonds. The molecule has 1 saturated heterocycles. The minimum absolute atomic E-state index is 0.0820. The van der Waals surface area contributed by atoms with E-state index in [1.165, 1.54) is 16.7 Å². The molecule has 1 atom stereocenters. The number of amides is 2. The van der Waals surface area contributed by atoms with E-state index in [-0.39, 0.29) is 11.9 Å². The van der Waals surface area contributed by atoms with Gasteiger partial charge in [0, 0.05) is 44.7 Å². The molecule has 0 saturated carbocycles. The maximum atomic E-state index is 11.9. The summed E-state index contributed by atoms with van der Waals surface area (Å²) in [5, 5.41) is 5.69. The molecular weight excluding hydrogens is 705 g/mol. The summed E-state index contributed by atoms with van der Waals surface area (Å²) < 4.78 is 21.8. The van der Waals surface area contributed by atoms with Gasteiger partial charge in [0.15, 0.2) is 0 Å². The number of aryl methyl sites for hydroxylation is 2. The van der Waals surface area contributed by atoms with Crippen LogP contribution in [0.2, 0.25) is 0 Å². The molecule has 1 heterocycles. The molecule has 0 bridgehead atoms. The van der Waals surface area contributed by atoms with Gasteiger partial charge in [0.05, 0.1) is 33.5 Å². The summed E-state index contributed by atoms with van der Waals surface area (Å²) in [5.41, 5.74) is 4.85. The van der Waals surface area contributed by atoms with Crippen LogP contribution < -0.4 is 29.6 Å². The SMILES string of the molecule is C#CC.C=NC(CCCNC=O)C(=O)N1CCCC1.CC.CC.CCc1ccc(CCOc2cc(OC)c(CNC)c(OC)c2)cc1.COc1cccc(C)c1. The van der Waals surface area contributed by atoms with Crippen molar-refractivity contribution in [3.8, 4) is 35.3 Å². The standard InChI is InChI=1S/C20H27NO3.C11H19N3O2.C8H10O.C3H4.2C2H6/c1-5-15-6-8-16(9-7-15)10-11-24-17-12-19(22-3)18(14-21-2)20(13-17)23-4;1-12-10(5-4-6-13-9-15)11(16)14-7-2-3-8-14;1-7-4-3-5-8(6-7)9-2;1-3-2;2*1-2/h6-9,12-13,21H,5,10-11,14H2,1-4H3;9-10H,1-8H2,(H,13,15);3-6H,1-2H3;1H,2H3;2*1-2H3. The summed E-state index contributed by atoms with van der Waals surface area (Å²) in [7, 11) is 6.89. The van der Waals surface area contributed by atoms with Crippen LogP contribution in [0.25, 0.3) is 0 Å². The Bertz CT molecular complexity index is 1460. The summed E-state index contributed by atoms with van der Waals surface area (Å²) in [5.74, 6) is 5.55. The second-order valence-corrected chi connectivity index (χ2v) is 11.9. The molecule has 1 unspecified atom stereocenters. The molecule has 10 heteroatoms. The van der Waals surface area contributed by atoms with Crippen LogP contribution in [-0.2, 0) is 29.0 Å². The normalized spacial score (nSPS) is 11.1. The van der Waals surface area contributed by atoms with E-state index in [4.69, 9.17) is 18.9 Å². The van der Waals surface area contributed by atoms with Crippen molar-refractivity contribution in [3.63, 3.8) is 0 Å². The lowest BCUT2D eigenvalue weighted by atomic mass is 10.1. The van der Waals surface area contributed by atoms with Crippen LogP contribution in [0.1, 0.15) is 89.5 Å². The van der Waals surface area contributed by atoms with E-state index in [0.717, 1.165) is 73.8 Å². The number of methoxy groups -OCH3 is 3. The summed E-state index contributed by atoms with van der Waals surface area (Å²) in [4.78, 5) is 27.7. The molecule has 0 aliphatic carbocycles. The number of ether oxygens (including phenoxy) is 4. The second-order valence-electron chi connectivity index (χ2n) is 11.9. The number of aliphatic imine (C=N–C) groups is 1. The molecule has 3 aromatic carbocycles. The van der Waals surface area contributed by atoms with E-state index >= 15 is 0 Å². The maximum absolute atomic E-state index is 11.9. The molecular formula is C46H72N4O6. The van der Waals surface area contributed by atoms with Gasteiger partial charge in [-0.1, -0.05) is 71.0 Å². The maximum Gasteiger partial charge on any atom is 0.247 e. The summed E-state index contributed by atoms with van der Waals surface area (Å²) in [6, 6.07) is 20.1. The van der Waals surface area contributed by atoms with E-state index in [9.17, 15) is 9.59 Å². The highest BCUT2D eigenvalue weighted by molar-refractivity contribution is 5.82. The Morgan fingerprint density at radius 3 is 1.96 bits per heavy atom. The number of hydrogen-bond donors (Lipinski definition) is 2. The monoisotopic (exact) mass is 777 g/mol. The number of nitrogens with one attached hydrogen (secondary N) is 2. The third kappa shape index (κ3) is 22.4. The molecule has 0 spiro atoms. The van der Waals surface area contributed by atoms with E-state index in [1.54, 1.807) is 28.3 Å². The molecule has 3 aromatic rings. The zero-order valence-electron chi connectivity index (χ0n) is 36.3. The topological polar surface area (TPSA) is 111 Å². The fraction of sp³-hybridized carbons (Fsp3) is 0.500. The van der Waals surface area contributed by atoms with Crippen LogP contribution in [0.4, 0.5) is 0 Å². The quantitative estimate of drug-likeness (QED) is 0.0613. The van der Waals surface area contributed by atoms with Gasteiger partial charge < -0.3 is 34.5 Å². The minimum Gasteiger partial charge on any atom is -0.497 e. The van der Waals surface area contributed by atoms with Crippen LogP contribution in [0, 0.1) is 19.3 Å². The van der Waals surface area contributed by atoms with Crippen LogP contribution in [0.15, 0.2) is 65.7 Å². The molecule has 0 radical (unpaired) electrons. The largest absolute Gasteiger partial charge is 0.497 e. The number of likely N-dealkylation sites (tertiary alicyclic amines) is 1. The fourth-order valence-corrected chi connectivity index (χ4v) is 5.26. The third-order valence-corrected chi connectivity index (χ3v) is 8.06. The highest BCUT2D eigenvalue weighted by atomic mass is 16.5. The Hall–Kier alpha value is -5.01. The average molecular weight is 777 g/mol. The van der Waals surface area contributed by atoms with Crippen LogP contribution in [-0.4, -0.2) is 84.6 Å². The number of benzene rings is 3. The highest BCUT2D eigenvalue weighted by Crippen LogP contribution is 2.34. The van der Waals surface area contributed by atoms with Gasteiger partial charge in [-0.25, -0.2) is 0 Å². The van der Waals surface area contributed by atoms with Crippen molar-refractivity contribution in [3.05, 3.63) is 82.9 Å². The zero-order valence-corrected chi connectivity index (χ0v) is 36.3. The first-order valence-corrected chi connectivity index (χ1v) is 19.7. The number of terminal acetylenes is 1. The number of rotatable bonds is 17. The summed E-state index contributed by atoms with van der Waals surface area (Å²) >= 11 is 0. The molecule has 1 aliphatic rings. The van der Waals surface area contributed by atoms with Gasteiger partial charge in [0.2, 0.25) is 12.3 Å². The number of carbonyl (C=O) groups excluding carboxylic acids is 2. The van der Waals surface area contributed by atoms with Gasteiger partial charge in [0.1, 0.15) is 29.0 Å². The summed E-state index contributed by atoms with van der Waals surface area (Å²) in [6.07, 6.45) is 10.8. The minimum atomic E-state index is -0.341. The molecule has 1 aliphatic heterocycles. The lowest BCUT2D eigenvalue weighted by Gasteiger charge is -2.20. The summed E-state index contributed by atoms with van der Waals surface area (Å²) in [6.45, 7) is 20.9. The Morgan fingerprint density at radius 2 is 1.52 bits per heavy atom. The highest BCUT2D eigenvalue weighted by Gasteiger charge is 2.24. The molecule has 4 rings (SSSR count). The second kappa shape index (κ2) is 35.7. The first kappa shape index (κ1) is 53.1. The van der Waals surface area contributed by atoms with Gasteiger partial charge in [-0.2, -0.15) is 0 Å². The Kier molecular flexibility index (Phi) is 33.8. The van der Waals surface area contributed by atoms with Crippen LogP contribution in [0.5, 0.6) is 23.0 Å². The molecule has 312 valence electrons. The van der Waals surface area contributed by atoms with Crippen LogP contribution >= 0.6 is 0 Å². The lowest BCUT2D eigenvalue weighted by molar-refractivity contribution is -0.131. The lowest BCUT2D eigenvalue weighted by Crippen LogP contribution is -2.36. The van der Waals surface area contributed by atoms with E-state index in [0.29, 0.717) is 32.5 Å². The van der Waals surface area contributed by atoms with Gasteiger partial charge in [-0.15, -0.1) is 12.3 Å². The zero-order chi connectivity index (χ0) is 42.6. The van der Waals surface area contributed by atoms with Crippen molar-refractivity contribution in [2.45, 2.75) is 99.6 Å². The van der Waals surface area contributed by atoms with Gasteiger partial charge in [-0.05, 0) is 88.5 Å². The van der Waals surface area contributed by atoms with Gasteiger partial charge >= 0.3 is 0 Å². The molecule has 56 heavy (non-hydrogen) atoms. The van der Waals surface area contributed by atoms with Crippen molar-refractivity contribution in [1.29, 1.82) is 0 Å². The molecule has 1 fully saturated rings. The molecule has 0 aromatic heterocycles. The molecule has 2 N–H and O–H groups in total. The Balaban J connectivity index is 0. The number of nitrogens with zero attached hydrogens (tertiary/aromatic N) is 2. The van der Waals surface area contributed by atoms with Gasteiger partial charge in [-0.3, -0.25) is 14.6 Å². The Labute approximate surface area is 339 Å². The number of carbonyl (C=O) groups is 2. The Morgan fingerprint density at radius 1 is 0.946 bits per heavy atom. The van der Waals surface area contributed by atoms with Crippen molar-refractivity contribution in [2.75, 3.05) is 54.6 Å². The van der Waals surface area contributed by atoms with Crippen molar-refractivity contribution < 1.29 is 28.5 Å². The first-order chi connectivity index (χ1) is 27.2. The van der Waals surface area contributed by atoms with Crippen LogP contribution in [0.3, 0.4) is 0 Å².